The van der Waals surface area contributed by atoms with Crippen molar-refractivity contribution in [1.29, 1.82) is 0 Å². The molecule has 0 saturated heterocycles. The first-order chi connectivity index (χ1) is 12.9. The quantitative estimate of drug-likeness (QED) is 0.822. The van der Waals surface area contributed by atoms with Gasteiger partial charge in [-0.2, -0.15) is 0 Å². The fraction of sp³-hybridized carbons (Fsp3) is 0.278. The van der Waals surface area contributed by atoms with E-state index in [1.165, 1.54) is 18.2 Å². The summed E-state index contributed by atoms with van der Waals surface area (Å²) in [5, 5.41) is 2.67. The van der Waals surface area contributed by atoms with Crippen LogP contribution in [0.25, 0.3) is 0 Å². The molecule has 0 fully saturated rings. The molecular weight excluding hydrogens is 362 g/mol. The van der Waals surface area contributed by atoms with Gasteiger partial charge in [-0.15, -0.1) is 8.78 Å². The summed E-state index contributed by atoms with van der Waals surface area (Å²) in [6, 6.07) is 9.77. The highest BCUT2D eigenvalue weighted by Gasteiger charge is 2.43. The molecule has 1 amide bonds. The summed E-state index contributed by atoms with van der Waals surface area (Å²) in [5.41, 5.74) is 1.37. The summed E-state index contributed by atoms with van der Waals surface area (Å²) in [6.07, 6.45) is -3.68. The van der Waals surface area contributed by atoms with Crippen molar-refractivity contribution in [2.45, 2.75) is 12.8 Å². The second-order valence-corrected chi connectivity index (χ2v) is 6.38. The van der Waals surface area contributed by atoms with Crippen LogP contribution in [0.2, 0.25) is 0 Å². The predicted octanol–water partition coefficient (Wildman–Crippen LogP) is 1.39. The van der Waals surface area contributed by atoms with Crippen molar-refractivity contribution in [1.82, 2.24) is 0 Å². The molecule has 9 heteroatoms. The van der Waals surface area contributed by atoms with E-state index in [9.17, 15) is 13.6 Å². The lowest BCUT2D eigenvalue weighted by atomic mass is 10.2. The van der Waals surface area contributed by atoms with Gasteiger partial charge in [0.25, 0.3) is 5.91 Å². The second kappa shape index (κ2) is 6.58. The number of anilines is 1. The zero-order valence-electron chi connectivity index (χ0n) is 14.4. The zero-order valence-corrected chi connectivity index (χ0v) is 14.4. The first-order valence-corrected chi connectivity index (χ1v) is 8.27. The van der Waals surface area contributed by atoms with Crippen LogP contribution < -0.4 is 29.2 Å². The number of quaternary nitrogens is 1. The molecule has 2 aliphatic heterocycles. The molecule has 2 aliphatic rings. The standard InChI is InChI=1S/C18H16F2N2O5/c1-22(8-11-2-4-13-15(6-11)25-10-24-13)9-17(23)21-12-3-5-14-16(7-12)27-18(19,20)26-14/h2-7H,8-10H2,1H3,(H,21,23)/p+1. The number of likely N-dealkylation sites (N-methyl/N-ethyl adjacent to an activating group) is 1. The average molecular weight is 379 g/mol. The highest BCUT2D eigenvalue weighted by Crippen LogP contribution is 2.42. The first-order valence-electron chi connectivity index (χ1n) is 8.27. The highest BCUT2D eigenvalue weighted by atomic mass is 19.3. The Bertz CT molecular complexity index is 890. The molecule has 27 heavy (non-hydrogen) atoms. The fourth-order valence-corrected chi connectivity index (χ4v) is 2.97. The minimum Gasteiger partial charge on any atom is -0.454 e. The van der Waals surface area contributed by atoms with Gasteiger partial charge in [0.2, 0.25) is 6.79 Å². The summed E-state index contributed by atoms with van der Waals surface area (Å²) in [7, 11) is 1.88. The van der Waals surface area contributed by atoms with Crippen LogP contribution in [0.3, 0.4) is 0 Å². The number of rotatable bonds is 5. The largest absolute Gasteiger partial charge is 0.586 e. The topological polar surface area (TPSA) is 70.5 Å². The average Bonchev–Trinajstić information content (AvgIpc) is 3.15. The van der Waals surface area contributed by atoms with E-state index in [0.29, 0.717) is 23.7 Å². The molecule has 2 N–H and O–H groups in total. The van der Waals surface area contributed by atoms with E-state index in [1.807, 2.05) is 25.2 Å². The summed E-state index contributed by atoms with van der Waals surface area (Å²) in [5.74, 6) is 0.978. The third kappa shape index (κ3) is 3.87. The lowest BCUT2D eigenvalue weighted by Crippen LogP contribution is -3.08. The van der Waals surface area contributed by atoms with E-state index in [0.717, 1.165) is 10.5 Å². The van der Waals surface area contributed by atoms with Gasteiger partial charge in [-0.3, -0.25) is 4.79 Å². The number of hydrogen-bond acceptors (Lipinski definition) is 5. The Labute approximate surface area is 153 Å². The molecule has 0 aliphatic carbocycles. The smallest absolute Gasteiger partial charge is 0.454 e. The number of amides is 1. The number of hydrogen-bond donors (Lipinski definition) is 2. The van der Waals surface area contributed by atoms with E-state index in [-0.39, 0.29) is 30.7 Å². The monoisotopic (exact) mass is 379 g/mol. The van der Waals surface area contributed by atoms with Crippen molar-refractivity contribution >= 4 is 11.6 Å². The van der Waals surface area contributed by atoms with Crippen LogP contribution in [0.4, 0.5) is 14.5 Å². The number of nitrogens with one attached hydrogen (secondary N) is 2. The Kier molecular flexibility index (Phi) is 4.23. The lowest BCUT2D eigenvalue weighted by molar-refractivity contribution is -0.885. The van der Waals surface area contributed by atoms with Crippen molar-refractivity contribution in [3.05, 3.63) is 42.0 Å². The van der Waals surface area contributed by atoms with Crippen LogP contribution in [0.15, 0.2) is 36.4 Å². The van der Waals surface area contributed by atoms with E-state index in [1.54, 1.807) is 0 Å². The van der Waals surface area contributed by atoms with Crippen molar-refractivity contribution in [2.75, 3.05) is 25.7 Å². The molecule has 0 saturated carbocycles. The second-order valence-electron chi connectivity index (χ2n) is 6.38. The maximum Gasteiger partial charge on any atom is 0.586 e. The molecule has 1 atom stereocenters. The number of alkyl halides is 2. The van der Waals surface area contributed by atoms with Gasteiger partial charge in [0.15, 0.2) is 29.5 Å². The van der Waals surface area contributed by atoms with Crippen LogP contribution in [-0.4, -0.2) is 32.6 Å². The molecule has 0 spiro atoms. The summed E-state index contributed by atoms with van der Waals surface area (Å²) in [6.45, 7) is 1.02. The fourth-order valence-electron chi connectivity index (χ4n) is 2.97. The highest BCUT2D eigenvalue weighted by molar-refractivity contribution is 5.91. The summed E-state index contributed by atoms with van der Waals surface area (Å²) in [4.78, 5) is 13.2. The number of benzene rings is 2. The van der Waals surface area contributed by atoms with Crippen LogP contribution >= 0.6 is 0 Å². The lowest BCUT2D eigenvalue weighted by Gasteiger charge is -2.14. The van der Waals surface area contributed by atoms with Crippen molar-refractivity contribution in [3.8, 4) is 23.0 Å². The van der Waals surface area contributed by atoms with Crippen LogP contribution in [0.5, 0.6) is 23.0 Å². The maximum atomic E-state index is 13.0. The van der Waals surface area contributed by atoms with Crippen LogP contribution in [0.1, 0.15) is 5.56 Å². The Morgan fingerprint density at radius 1 is 1.07 bits per heavy atom. The Morgan fingerprint density at radius 2 is 1.81 bits per heavy atom. The molecule has 0 bridgehead atoms. The van der Waals surface area contributed by atoms with Gasteiger partial charge < -0.3 is 29.2 Å². The molecule has 0 radical (unpaired) electrons. The van der Waals surface area contributed by atoms with Gasteiger partial charge in [-0.05, 0) is 30.3 Å². The zero-order chi connectivity index (χ0) is 19.0. The van der Waals surface area contributed by atoms with Gasteiger partial charge in [-0.1, -0.05) is 0 Å². The normalized spacial score (nSPS) is 16.9. The van der Waals surface area contributed by atoms with Gasteiger partial charge >= 0.3 is 6.29 Å². The van der Waals surface area contributed by atoms with E-state index >= 15 is 0 Å². The van der Waals surface area contributed by atoms with Crippen molar-refractivity contribution in [3.63, 3.8) is 0 Å². The van der Waals surface area contributed by atoms with Gasteiger partial charge in [-0.25, -0.2) is 0 Å². The van der Waals surface area contributed by atoms with E-state index in [2.05, 4.69) is 14.8 Å². The van der Waals surface area contributed by atoms with Crippen molar-refractivity contribution in [2.24, 2.45) is 0 Å². The van der Waals surface area contributed by atoms with Gasteiger partial charge in [0, 0.05) is 17.3 Å². The number of fused-ring (bicyclic) bond motifs is 2. The van der Waals surface area contributed by atoms with Gasteiger partial charge in [0.05, 0.1) is 7.05 Å². The molecule has 7 nitrogen and oxygen atoms in total. The number of carbonyl (C=O) groups is 1. The molecular formula is C18H17F2N2O5+. The molecule has 2 aromatic carbocycles. The first kappa shape index (κ1) is 17.3. The maximum absolute atomic E-state index is 13.0. The molecule has 2 aromatic rings. The Balaban J connectivity index is 1.33. The van der Waals surface area contributed by atoms with Crippen LogP contribution in [-0.2, 0) is 11.3 Å². The molecule has 1 unspecified atom stereocenters. The third-order valence-corrected chi connectivity index (χ3v) is 4.09. The Hall–Kier alpha value is -3.07. The minimum absolute atomic E-state index is 0.0662. The van der Waals surface area contributed by atoms with Crippen LogP contribution in [0, 0.1) is 0 Å². The molecule has 0 aromatic heterocycles. The number of halogens is 2. The molecule has 2 heterocycles. The summed E-state index contributed by atoms with van der Waals surface area (Å²) < 4.78 is 45.4. The number of ether oxygens (including phenoxy) is 4. The van der Waals surface area contributed by atoms with Gasteiger partial charge in [0.1, 0.15) is 6.54 Å². The Morgan fingerprint density at radius 3 is 2.67 bits per heavy atom. The molecule has 142 valence electrons. The van der Waals surface area contributed by atoms with E-state index < -0.39 is 6.29 Å². The summed E-state index contributed by atoms with van der Waals surface area (Å²) >= 11 is 0. The number of carbonyl (C=O) groups excluding carboxylic acids is 1. The van der Waals surface area contributed by atoms with Crippen molar-refractivity contribution < 1.29 is 37.4 Å². The predicted molar refractivity (Wildman–Crippen MR) is 89.3 cm³/mol. The third-order valence-electron chi connectivity index (χ3n) is 4.09. The minimum atomic E-state index is -3.68. The SMILES string of the molecule is C[NH+](CC(=O)Nc1ccc2c(c1)OC(F)(F)O2)Cc1ccc2c(c1)OCO2. The van der Waals surface area contributed by atoms with E-state index in [4.69, 9.17) is 9.47 Å². The molecule has 4 rings (SSSR count).